The molecular formula is C8H17N. The van der Waals surface area contributed by atoms with Gasteiger partial charge in [0.2, 0.25) is 0 Å². The van der Waals surface area contributed by atoms with Crippen molar-refractivity contribution in [3.05, 3.63) is 12.2 Å². The Kier molecular flexibility index (Phi) is 5.64. The minimum Gasteiger partial charge on any atom is -0.324 e. The van der Waals surface area contributed by atoms with Crippen molar-refractivity contribution >= 4 is 0 Å². The van der Waals surface area contributed by atoms with E-state index in [2.05, 4.69) is 26.0 Å². The minimum absolute atomic E-state index is 0.275. The monoisotopic (exact) mass is 127 g/mol. The second-order valence-corrected chi connectivity index (χ2v) is 2.29. The van der Waals surface area contributed by atoms with Crippen molar-refractivity contribution in [2.24, 2.45) is 5.73 Å². The maximum absolute atomic E-state index is 5.63. The fraction of sp³-hybridized carbons (Fsp3) is 0.750. The maximum Gasteiger partial charge on any atom is 0.0221 e. The highest BCUT2D eigenvalue weighted by atomic mass is 14.6. The smallest absolute Gasteiger partial charge is 0.0221 e. The zero-order valence-corrected chi connectivity index (χ0v) is 6.43. The van der Waals surface area contributed by atoms with Gasteiger partial charge in [-0.25, -0.2) is 0 Å². The standard InChI is InChI=1S/C8H17N/c1-3-5-6-7-8(9)4-2/h6-8H,3-5,9H2,1-2H3. The summed E-state index contributed by atoms with van der Waals surface area (Å²) in [6, 6.07) is 0.275. The van der Waals surface area contributed by atoms with Crippen LogP contribution in [0, 0.1) is 0 Å². The number of nitrogens with two attached hydrogens (primary N) is 1. The molecule has 0 saturated heterocycles. The Balaban J connectivity index is 3.20. The molecule has 0 aromatic carbocycles. The molecule has 0 saturated carbocycles. The minimum atomic E-state index is 0.275. The van der Waals surface area contributed by atoms with E-state index in [-0.39, 0.29) is 6.04 Å². The van der Waals surface area contributed by atoms with E-state index in [9.17, 15) is 0 Å². The van der Waals surface area contributed by atoms with Crippen LogP contribution in [0.25, 0.3) is 0 Å². The molecule has 9 heavy (non-hydrogen) atoms. The molecule has 0 fully saturated rings. The van der Waals surface area contributed by atoms with Crippen LogP contribution < -0.4 is 5.73 Å². The van der Waals surface area contributed by atoms with Crippen LogP contribution in [0.2, 0.25) is 0 Å². The highest BCUT2D eigenvalue weighted by Gasteiger charge is 1.87. The highest BCUT2D eigenvalue weighted by molar-refractivity contribution is 4.89. The molecule has 1 unspecified atom stereocenters. The molecule has 0 radical (unpaired) electrons. The van der Waals surface area contributed by atoms with Crippen molar-refractivity contribution < 1.29 is 0 Å². The summed E-state index contributed by atoms with van der Waals surface area (Å²) in [5.74, 6) is 0. The topological polar surface area (TPSA) is 26.0 Å². The Labute approximate surface area is 57.9 Å². The summed E-state index contributed by atoms with van der Waals surface area (Å²) in [4.78, 5) is 0. The van der Waals surface area contributed by atoms with Gasteiger partial charge in [-0.15, -0.1) is 0 Å². The molecule has 2 N–H and O–H groups in total. The van der Waals surface area contributed by atoms with Crippen LogP contribution >= 0.6 is 0 Å². The average Bonchev–Trinajstić information content (AvgIpc) is 1.89. The molecule has 54 valence electrons. The summed E-state index contributed by atoms with van der Waals surface area (Å²) < 4.78 is 0. The number of hydrogen-bond acceptors (Lipinski definition) is 1. The summed E-state index contributed by atoms with van der Waals surface area (Å²) in [7, 11) is 0. The van der Waals surface area contributed by atoms with Gasteiger partial charge < -0.3 is 5.73 Å². The van der Waals surface area contributed by atoms with E-state index < -0.39 is 0 Å². The third kappa shape index (κ3) is 5.57. The van der Waals surface area contributed by atoms with Crippen molar-refractivity contribution in [2.75, 3.05) is 0 Å². The zero-order valence-electron chi connectivity index (χ0n) is 6.43. The second-order valence-electron chi connectivity index (χ2n) is 2.29. The van der Waals surface area contributed by atoms with Gasteiger partial charge in [0, 0.05) is 6.04 Å². The largest absolute Gasteiger partial charge is 0.324 e. The van der Waals surface area contributed by atoms with Crippen molar-refractivity contribution in [3.63, 3.8) is 0 Å². The third-order valence-corrected chi connectivity index (χ3v) is 1.31. The molecule has 0 aliphatic rings. The van der Waals surface area contributed by atoms with E-state index in [4.69, 9.17) is 5.73 Å². The molecule has 0 spiro atoms. The predicted octanol–water partition coefficient (Wildman–Crippen LogP) is 2.08. The Morgan fingerprint density at radius 1 is 1.44 bits per heavy atom. The molecule has 0 rings (SSSR count). The molecular weight excluding hydrogens is 110 g/mol. The van der Waals surface area contributed by atoms with Crippen molar-refractivity contribution in [1.82, 2.24) is 0 Å². The third-order valence-electron chi connectivity index (χ3n) is 1.31. The fourth-order valence-electron chi connectivity index (χ4n) is 0.574. The predicted molar refractivity (Wildman–Crippen MR) is 42.3 cm³/mol. The van der Waals surface area contributed by atoms with Gasteiger partial charge in [-0.3, -0.25) is 0 Å². The summed E-state index contributed by atoms with van der Waals surface area (Å²) in [6.45, 7) is 4.27. The van der Waals surface area contributed by atoms with E-state index in [1.165, 1.54) is 6.42 Å². The summed E-state index contributed by atoms with van der Waals surface area (Å²) in [5.41, 5.74) is 5.63. The number of unbranched alkanes of at least 4 members (excludes halogenated alkanes) is 1. The van der Waals surface area contributed by atoms with Gasteiger partial charge in [-0.1, -0.05) is 32.4 Å². The first-order valence-corrected chi connectivity index (χ1v) is 3.73. The number of hydrogen-bond donors (Lipinski definition) is 1. The van der Waals surface area contributed by atoms with Gasteiger partial charge in [-0.2, -0.15) is 0 Å². The molecule has 0 aliphatic carbocycles. The Hall–Kier alpha value is -0.300. The fourth-order valence-corrected chi connectivity index (χ4v) is 0.574. The first kappa shape index (κ1) is 8.70. The van der Waals surface area contributed by atoms with Crippen molar-refractivity contribution in [1.29, 1.82) is 0 Å². The molecule has 0 bridgehead atoms. The van der Waals surface area contributed by atoms with E-state index in [1.807, 2.05) is 0 Å². The summed E-state index contributed by atoms with van der Waals surface area (Å²) in [5, 5.41) is 0. The first-order chi connectivity index (χ1) is 4.31. The summed E-state index contributed by atoms with van der Waals surface area (Å²) >= 11 is 0. The van der Waals surface area contributed by atoms with Crippen molar-refractivity contribution in [3.8, 4) is 0 Å². The molecule has 0 aromatic rings. The lowest BCUT2D eigenvalue weighted by Gasteiger charge is -1.98. The average molecular weight is 127 g/mol. The number of allylic oxidation sites excluding steroid dienone is 1. The van der Waals surface area contributed by atoms with Crippen LogP contribution in [0.4, 0.5) is 0 Å². The quantitative estimate of drug-likeness (QED) is 0.575. The number of rotatable bonds is 4. The SMILES string of the molecule is CCCC=CC(N)CC. The molecule has 0 amide bonds. The molecule has 1 heteroatoms. The van der Waals surface area contributed by atoms with Crippen molar-refractivity contribution in [2.45, 2.75) is 39.2 Å². The molecule has 1 nitrogen and oxygen atoms in total. The molecule has 0 aromatic heterocycles. The van der Waals surface area contributed by atoms with Gasteiger partial charge in [0.15, 0.2) is 0 Å². The van der Waals surface area contributed by atoms with Gasteiger partial charge >= 0.3 is 0 Å². The van der Waals surface area contributed by atoms with Gasteiger partial charge in [0.25, 0.3) is 0 Å². The second kappa shape index (κ2) is 5.83. The lowest BCUT2D eigenvalue weighted by atomic mass is 10.2. The van der Waals surface area contributed by atoms with Gasteiger partial charge in [0.05, 0.1) is 0 Å². The van der Waals surface area contributed by atoms with E-state index >= 15 is 0 Å². The van der Waals surface area contributed by atoms with Crippen LogP contribution in [-0.4, -0.2) is 6.04 Å². The van der Waals surface area contributed by atoms with Gasteiger partial charge in [-0.05, 0) is 12.8 Å². The zero-order chi connectivity index (χ0) is 7.11. The molecule has 0 heterocycles. The van der Waals surface area contributed by atoms with Crippen LogP contribution in [-0.2, 0) is 0 Å². The Bertz CT molecular complexity index is 76.6. The van der Waals surface area contributed by atoms with E-state index in [0.717, 1.165) is 12.8 Å². The molecule has 0 aliphatic heterocycles. The van der Waals surface area contributed by atoms with Crippen LogP contribution in [0.3, 0.4) is 0 Å². The highest BCUT2D eigenvalue weighted by Crippen LogP contribution is 1.92. The van der Waals surface area contributed by atoms with Crippen LogP contribution in [0.5, 0.6) is 0 Å². The summed E-state index contributed by atoms with van der Waals surface area (Å²) in [6.07, 6.45) is 7.67. The lowest BCUT2D eigenvalue weighted by Crippen LogP contribution is -2.14. The maximum atomic E-state index is 5.63. The normalized spacial score (nSPS) is 14.6. The van der Waals surface area contributed by atoms with E-state index in [0.29, 0.717) is 0 Å². The van der Waals surface area contributed by atoms with E-state index in [1.54, 1.807) is 0 Å². The molecule has 1 atom stereocenters. The lowest BCUT2D eigenvalue weighted by molar-refractivity contribution is 0.776. The van der Waals surface area contributed by atoms with Crippen LogP contribution in [0.1, 0.15) is 33.1 Å². The Morgan fingerprint density at radius 2 is 2.11 bits per heavy atom. The Morgan fingerprint density at radius 3 is 2.56 bits per heavy atom. The van der Waals surface area contributed by atoms with Gasteiger partial charge in [0.1, 0.15) is 0 Å². The first-order valence-electron chi connectivity index (χ1n) is 3.73. The van der Waals surface area contributed by atoms with Crippen LogP contribution in [0.15, 0.2) is 12.2 Å².